The summed E-state index contributed by atoms with van der Waals surface area (Å²) in [6, 6.07) is 5.62. The van der Waals surface area contributed by atoms with Crippen molar-refractivity contribution < 1.29 is 9.53 Å². The molecule has 0 radical (unpaired) electrons. The Bertz CT molecular complexity index is 731. The maximum atomic E-state index is 11.0. The van der Waals surface area contributed by atoms with Crippen molar-refractivity contribution in [2.45, 2.75) is 19.9 Å². The maximum absolute atomic E-state index is 11.0. The van der Waals surface area contributed by atoms with E-state index in [0.717, 1.165) is 23.5 Å². The molecule has 9 heteroatoms. The van der Waals surface area contributed by atoms with Gasteiger partial charge >= 0.3 is 0 Å². The zero-order valence-corrected chi connectivity index (χ0v) is 15.1. The molecular formula is C16H22N6O2S. The van der Waals surface area contributed by atoms with Gasteiger partial charge in [0.05, 0.1) is 17.9 Å². The van der Waals surface area contributed by atoms with Crippen molar-refractivity contribution in [3.8, 4) is 11.4 Å². The number of nitrogens with zero attached hydrogens (tertiary/aromatic N) is 3. The minimum Gasteiger partial charge on any atom is -0.385 e. The molecule has 134 valence electrons. The molecular weight excluding hydrogens is 340 g/mol. The number of rotatable bonds is 8. The molecule has 0 bridgehead atoms. The number of nitrogens with one attached hydrogen (secondary N) is 2. The third kappa shape index (κ3) is 6.48. The van der Waals surface area contributed by atoms with Gasteiger partial charge in [-0.25, -0.2) is 9.97 Å². The fraction of sp³-hybridized carbons (Fsp3) is 0.375. The summed E-state index contributed by atoms with van der Waals surface area (Å²) in [5.74, 6) is 0.233. The second-order valence-electron chi connectivity index (χ2n) is 5.20. The monoisotopic (exact) mass is 362 g/mol. The summed E-state index contributed by atoms with van der Waals surface area (Å²) in [4.78, 5) is 24.2. The van der Waals surface area contributed by atoms with E-state index in [9.17, 15) is 4.79 Å². The second kappa shape index (κ2) is 9.70. The van der Waals surface area contributed by atoms with Crippen LogP contribution >= 0.6 is 11.3 Å². The van der Waals surface area contributed by atoms with Crippen LogP contribution in [0.4, 0.5) is 5.13 Å². The fourth-order valence-corrected chi connectivity index (χ4v) is 2.65. The number of ether oxygens (including phenoxy) is 1. The van der Waals surface area contributed by atoms with E-state index in [1.165, 1.54) is 18.3 Å². The molecule has 2 aromatic heterocycles. The number of guanidine groups is 1. The van der Waals surface area contributed by atoms with Crippen LogP contribution < -0.4 is 16.4 Å². The largest absolute Gasteiger partial charge is 0.385 e. The number of methoxy groups -OCH3 is 1. The summed E-state index contributed by atoms with van der Waals surface area (Å²) in [6.45, 7) is 3.11. The first-order valence-electron chi connectivity index (χ1n) is 7.80. The zero-order chi connectivity index (χ0) is 18.1. The highest BCUT2D eigenvalue weighted by atomic mass is 32.1. The number of pyridine rings is 1. The Morgan fingerprint density at radius 3 is 2.96 bits per heavy atom. The Morgan fingerprint density at radius 2 is 2.20 bits per heavy atom. The van der Waals surface area contributed by atoms with E-state index in [4.69, 9.17) is 10.5 Å². The standard InChI is InChI=1S/C16H22N6O2S/c1-11(23)19-9-12-5-3-6-13(20-12)14-10-25-16(21-14)22-15(17)18-7-4-8-24-2/h3,5-6,10H,4,7-9H2,1-2H3,(H,19,23)(H3,17,18,21,22). The van der Waals surface area contributed by atoms with Crippen LogP contribution in [0.1, 0.15) is 19.0 Å². The van der Waals surface area contributed by atoms with Gasteiger partial charge in [0.1, 0.15) is 5.69 Å². The van der Waals surface area contributed by atoms with E-state index < -0.39 is 0 Å². The molecule has 8 nitrogen and oxygen atoms in total. The van der Waals surface area contributed by atoms with Crippen molar-refractivity contribution in [1.82, 2.24) is 15.3 Å². The predicted octanol–water partition coefficient (Wildman–Crippen LogP) is 1.60. The molecule has 2 rings (SSSR count). The number of anilines is 1. The molecule has 0 saturated carbocycles. The van der Waals surface area contributed by atoms with E-state index in [-0.39, 0.29) is 5.91 Å². The van der Waals surface area contributed by atoms with E-state index in [2.05, 4.69) is 25.6 Å². The van der Waals surface area contributed by atoms with Crippen LogP contribution in [0.5, 0.6) is 0 Å². The Balaban J connectivity index is 1.98. The number of nitrogens with two attached hydrogens (primary N) is 1. The molecule has 0 saturated heterocycles. The van der Waals surface area contributed by atoms with Gasteiger partial charge in [-0.3, -0.25) is 9.79 Å². The summed E-state index contributed by atoms with van der Waals surface area (Å²) in [6.07, 6.45) is 0.813. The van der Waals surface area contributed by atoms with Crippen LogP contribution in [-0.4, -0.2) is 42.1 Å². The van der Waals surface area contributed by atoms with Gasteiger partial charge in [-0.05, 0) is 18.6 Å². The van der Waals surface area contributed by atoms with Gasteiger partial charge in [0, 0.05) is 32.6 Å². The highest BCUT2D eigenvalue weighted by Gasteiger charge is 2.07. The topological polar surface area (TPSA) is 115 Å². The van der Waals surface area contributed by atoms with E-state index in [1.54, 1.807) is 7.11 Å². The lowest BCUT2D eigenvalue weighted by molar-refractivity contribution is -0.119. The molecule has 0 aliphatic heterocycles. The van der Waals surface area contributed by atoms with E-state index in [0.29, 0.717) is 30.8 Å². The fourth-order valence-electron chi connectivity index (χ4n) is 1.94. The Labute approximate surface area is 150 Å². The maximum Gasteiger partial charge on any atom is 0.217 e. The van der Waals surface area contributed by atoms with Crippen molar-refractivity contribution in [2.75, 3.05) is 25.6 Å². The Morgan fingerprint density at radius 1 is 1.36 bits per heavy atom. The van der Waals surface area contributed by atoms with Crippen molar-refractivity contribution in [3.05, 3.63) is 29.3 Å². The summed E-state index contributed by atoms with van der Waals surface area (Å²) in [7, 11) is 1.65. The minimum absolute atomic E-state index is 0.0902. The molecule has 0 unspecified atom stereocenters. The first-order valence-corrected chi connectivity index (χ1v) is 8.68. The minimum atomic E-state index is -0.0902. The van der Waals surface area contributed by atoms with Crippen LogP contribution in [-0.2, 0) is 16.1 Å². The lowest BCUT2D eigenvalue weighted by Gasteiger charge is -2.04. The number of carbonyl (C=O) groups excluding carboxylic acids is 1. The molecule has 2 aromatic rings. The quantitative estimate of drug-likeness (QED) is 0.373. The lowest BCUT2D eigenvalue weighted by atomic mass is 10.2. The van der Waals surface area contributed by atoms with Gasteiger partial charge in [0.15, 0.2) is 11.1 Å². The molecule has 0 atom stereocenters. The van der Waals surface area contributed by atoms with Gasteiger partial charge in [-0.15, -0.1) is 11.3 Å². The van der Waals surface area contributed by atoms with E-state index in [1.807, 2.05) is 23.6 Å². The summed E-state index contributed by atoms with van der Waals surface area (Å²) >= 11 is 1.42. The molecule has 25 heavy (non-hydrogen) atoms. The number of amides is 1. The number of aromatic nitrogens is 2. The summed E-state index contributed by atoms with van der Waals surface area (Å²) in [5, 5.41) is 8.24. The van der Waals surface area contributed by atoms with Crippen molar-refractivity contribution in [3.63, 3.8) is 0 Å². The van der Waals surface area contributed by atoms with Crippen LogP contribution in [0.15, 0.2) is 28.6 Å². The molecule has 0 spiro atoms. The van der Waals surface area contributed by atoms with Crippen molar-refractivity contribution in [2.24, 2.45) is 10.7 Å². The number of hydrogen-bond acceptors (Lipinski definition) is 6. The zero-order valence-electron chi connectivity index (χ0n) is 14.3. The smallest absolute Gasteiger partial charge is 0.217 e. The summed E-state index contributed by atoms with van der Waals surface area (Å²) in [5.41, 5.74) is 8.09. The molecule has 0 aliphatic carbocycles. The molecule has 0 aliphatic rings. The Kier molecular flexibility index (Phi) is 7.30. The number of hydrogen-bond donors (Lipinski definition) is 3. The average molecular weight is 362 g/mol. The molecule has 2 heterocycles. The van der Waals surface area contributed by atoms with Gasteiger partial charge in [0.2, 0.25) is 5.91 Å². The van der Waals surface area contributed by atoms with Crippen LogP contribution in [0, 0.1) is 0 Å². The van der Waals surface area contributed by atoms with Crippen LogP contribution in [0.2, 0.25) is 0 Å². The van der Waals surface area contributed by atoms with Crippen LogP contribution in [0.25, 0.3) is 11.4 Å². The van der Waals surface area contributed by atoms with Gasteiger partial charge in [-0.2, -0.15) is 0 Å². The van der Waals surface area contributed by atoms with E-state index >= 15 is 0 Å². The molecule has 0 fully saturated rings. The second-order valence-corrected chi connectivity index (χ2v) is 6.06. The number of thiazole rings is 1. The number of aliphatic imine (C=N–C) groups is 1. The molecule has 0 aromatic carbocycles. The summed E-state index contributed by atoms with van der Waals surface area (Å²) < 4.78 is 4.96. The molecule has 1 amide bonds. The number of carbonyl (C=O) groups is 1. The highest BCUT2D eigenvalue weighted by molar-refractivity contribution is 7.14. The van der Waals surface area contributed by atoms with Crippen molar-refractivity contribution in [1.29, 1.82) is 0 Å². The van der Waals surface area contributed by atoms with Crippen molar-refractivity contribution >= 4 is 28.3 Å². The third-order valence-corrected chi connectivity index (χ3v) is 3.87. The van der Waals surface area contributed by atoms with Gasteiger partial charge in [-0.1, -0.05) is 6.07 Å². The van der Waals surface area contributed by atoms with Gasteiger partial charge < -0.3 is 21.1 Å². The average Bonchev–Trinajstić information content (AvgIpc) is 3.05. The SMILES string of the molecule is COCCCN=C(N)Nc1nc(-c2cccc(CNC(C)=O)n2)cs1. The van der Waals surface area contributed by atoms with Crippen LogP contribution in [0.3, 0.4) is 0 Å². The normalized spacial score (nSPS) is 11.4. The van der Waals surface area contributed by atoms with Gasteiger partial charge in [0.25, 0.3) is 0 Å². The molecule has 4 N–H and O–H groups in total. The lowest BCUT2D eigenvalue weighted by Crippen LogP contribution is -2.22. The first kappa shape index (κ1) is 18.8. The highest BCUT2D eigenvalue weighted by Crippen LogP contribution is 2.23. The third-order valence-electron chi connectivity index (χ3n) is 3.12. The first-order chi connectivity index (χ1) is 12.1. The predicted molar refractivity (Wildman–Crippen MR) is 99.5 cm³/mol. The Hall–Kier alpha value is -2.52.